The van der Waals surface area contributed by atoms with Gasteiger partial charge in [-0.2, -0.15) is 0 Å². The van der Waals surface area contributed by atoms with Crippen LogP contribution in [0.2, 0.25) is 0 Å². The number of imide groups is 1. The number of amides is 3. The number of urea groups is 1. The Balaban J connectivity index is 2.42. The first-order valence-corrected chi connectivity index (χ1v) is 6.86. The topological polar surface area (TPSA) is 108 Å². The summed E-state index contributed by atoms with van der Waals surface area (Å²) >= 11 is 1.32. The minimum atomic E-state index is -0.969. The zero-order valence-corrected chi connectivity index (χ0v) is 12.3. The van der Waals surface area contributed by atoms with E-state index in [9.17, 15) is 14.4 Å². The lowest BCUT2D eigenvalue weighted by Gasteiger charge is -2.08. The highest BCUT2D eigenvalue weighted by atomic mass is 32.1. The number of carbonyl (C=O) groups excluding carboxylic acids is 2. The van der Waals surface area contributed by atoms with Crippen molar-refractivity contribution in [2.75, 3.05) is 5.32 Å². The van der Waals surface area contributed by atoms with Gasteiger partial charge in [0.25, 0.3) is 0 Å². The van der Waals surface area contributed by atoms with Gasteiger partial charge in [0, 0.05) is 17.7 Å². The number of nitrogens with zero attached hydrogens (tertiary/aromatic N) is 1. The van der Waals surface area contributed by atoms with Crippen LogP contribution >= 0.6 is 11.3 Å². The molecule has 1 atom stereocenters. The Labute approximate surface area is 120 Å². The fourth-order valence-corrected chi connectivity index (χ4v) is 2.33. The number of thiazole rings is 1. The van der Waals surface area contributed by atoms with Gasteiger partial charge in [0.2, 0.25) is 5.91 Å². The fourth-order valence-electron chi connectivity index (χ4n) is 1.52. The van der Waals surface area contributed by atoms with Crippen molar-refractivity contribution in [2.24, 2.45) is 5.92 Å². The molecule has 3 N–H and O–H groups in total. The van der Waals surface area contributed by atoms with Crippen molar-refractivity contribution < 1.29 is 19.5 Å². The van der Waals surface area contributed by atoms with E-state index in [-0.39, 0.29) is 18.8 Å². The SMILES string of the molecule is Cc1nc(NC(=O)NC(=O)CC(C)CC(=O)O)sc1C. The number of aliphatic carboxylic acids is 1. The number of carbonyl (C=O) groups is 3. The molecule has 0 saturated heterocycles. The zero-order valence-electron chi connectivity index (χ0n) is 11.5. The van der Waals surface area contributed by atoms with Crippen molar-refractivity contribution in [3.8, 4) is 0 Å². The van der Waals surface area contributed by atoms with E-state index in [2.05, 4.69) is 15.6 Å². The molecule has 0 spiro atoms. The molecule has 8 heteroatoms. The summed E-state index contributed by atoms with van der Waals surface area (Å²) < 4.78 is 0. The van der Waals surface area contributed by atoms with E-state index in [1.165, 1.54) is 11.3 Å². The summed E-state index contributed by atoms with van der Waals surface area (Å²) in [6.45, 7) is 5.35. The van der Waals surface area contributed by atoms with Crippen LogP contribution in [0.15, 0.2) is 0 Å². The van der Waals surface area contributed by atoms with Gasteiger partial charge in [-0.1, -0.05) is 6.92 Å². The van der Waals surface area contributed by atoms with Crippen LogP contribution in [-0.4, -0.2) is 28.0 Å². The quantitative estimate of drug-likeness (QED) is 0.769. The standard InChI is InChI=1S/C12H17N3O4S/c1-6(5-10(17)18)4-9(16)14-11(19)15-12-13-7(2)8(3)20-12/h6H,4-5H2,1-3H3,(H,17,18)(H2,13,14,15,16,19). The predicted octanol–water partition coefficient (Wildman–Crippen LogP) is 1.91. The Kier molecular flexibility index (Phi) is 5.63. The van der Waals surface area contributed by atoms with Gasteiger partial charge in [-0.25, -0.2) is 9.78 Å². The summed E-state index contributed by atoms with van der Waals surface area (Å²) in [5, 5.41) is 13.6. The summed E-state index contributed by atoms with van der Waals surface area (Å²) in [6, 6.07) is -0.661. The van der Waals surface area contributed by atoms with Crippen LogP contribution in [0.3, 0.4) is 0 Å². The summed E-state index contributed by atoms with van der Waals surface area (Å²) in [5.41, 5.74) is 0.826. The summed E-state index contributed by atoms with van der Waals surface area (Å²) in [5.74, 6) is -1.81. The molecular weight excluding hydrogens is 282 g/mol. The molecule has 7 nitrogen and oxygen atoms in total. The van der Waals surface area contributed by atoms with E-state index >= 15 is 0 Å². The molecule has 3 amide bonds. The Hall–Kier alpha value is -1.96. The second-order valence-corrected chi connectivity index (χ2v) is 5.77. The highest BCUT2D eigenvalue weighted by molar-refractivity contribution is 7.15. The lowest BCUT2D eigenvalue weighted by Crippen LogP contribution is -2.35. The lowest BCUT2D eigenvalue weighted by atomic mass is 10.0. The number of carboxylic acids is 1. The van der Waals surface area contributed by atoms with Crippen LogP contribution in [0.4, 0.5) is 9.93 Å². The highest BCUT2D eigenvalue weighted by Gasteiger charge is 2.15. The first kappa shape index (κ1) is 16.1. The molecule has 0 aromatic carbocycles. The van der Waals surface area contributed by atoms with Crippen molar-refractivity contribution in [1.82, 2.24) is 10.3 Å². The van der Waals surface area contributed by atoms with E-state index in [0.29, 0.717) is 5.13 Å². The minimum absolute atomic E-state index is 0.0182. The number of carboxylic acid groups (broad SMARTS) is 1. The Morgan fingerprint density at radius 3 is 2.45 bits per heavy atom. The van der Waals surface area contributed by atoms with E-state index in [1.54, 1.807) is 6.92 Å². The van der Waals surface area contributed by atoms with Crippen molar-refractivity contribution in [3.63, 3.8) is 0 Å². The molecule has 0 aliphatic carbocycles. The van der Waals surface area contributed by atoms with Crippen molar-refractivity contribution in [3.05, 3.63) is 10.6 Å². The fraction of sp³-hybridized carbons (Fsp3) is 0.500. The molecular formula is C12H17N3O4S. The lowest BCUT2D eigenvalue weighted by molar-refractivity contribution is -0.138. The number of rotatable bonds is 5. The maximum atomic E-state index is 11.6. The van der Waals surface area contributed by atoms with Gasteiger partial charge >= 0.3 is 12.0 Å². The van der Waals surface area contributed by atoms with Crippen LogP contribution in [0.25, 0.3) is 0 Å². The average Bonchev–Trinajstić information content (AvgIpc) is 2.55. The molecule has 0 saturated carbocycles. The molecule has 0 aliphatic rings. The number of hydrogen-bond donors (Lipinski definition) is 3. The van der Waals surface area contributed by atoms with E-state index in [1.807, 2.05) is 13.8 Å². The van der Waals surface area contributed by atoms with Gasteiger partial charge in [-0.05, 0) is 19.8 Å². The monoisotopic (exact) mass is 299 g/mol. The Morgan fingerprint density at radius 2 is 1.95 bits per heavy atom. The maximum Gasteiger partial charge on any atom is 0.327 e. The van der Waals surface area contributed by atoms with Gasteiger partial charge in [-0.15, -0.1) is 11.3 Å². The molecule has 0 radical (unpaired) electrons. The molecule has 0 bridgehead atoms. The molecule has 1 heterocycles. The van der Waals surface area contributed by atoms with Gasteiger partial charge in [0.15, 0.2) is 5.13 Å². The summed E-state index contributed by atoms with van der Waals surface area (Å²) in [4.78, 5) is 38.7. The highest BCUT2D eigenvalue weighted by Crippen LogP contribution is 2.20. The first-order chi connectivity index (χ1) is 9.27. The predicted molar refractivity (Wildman–Crippen MR) is 74.8 cm³/mol. The molecule has 20 heavy (non-hydrogen) atoms. The number of aromatic nitrogens is 1. The summed E-state index contributed by atoms with van der Waals surface area (Å²) in [7, 11) is 0. The van der Waals surface area contributed by atoms with Crippen LogP contribution in [0.1, 0.15) is 30.3 Å². The average molecular weight is 299 g/mol. The molecule has 1 unspecified atom stereocenters. The Bertz CT molecular complexity index is 507. The Morgan fingerprint density at radius 1 is 1.30 bits per heavy atom. The molecule has 0 fully saturated rings. The maximum absolute atomic E-state index is 11.6. The molecule has 1 aromatic heterocycles. The molecule has 110 valence electrons. The molecule has 1 aromatic rings. The molecule has 1 rings (SSSR count). The molecule has 0 aliphatic heterocycles. The van der Waals surface area contributed by atoms with Crippen molar-refractivity contribution in [2.45, 2.75) is 33.6 Å². The van der Waals surface area contributed by atoms with E-state index in [0.717, 1.165) is 10.6 Å². The third kappa shape index (κ3) is 5.35. The first-order valence-electron chi connectivity index (χ1n) is 6.04. The number of aryl methyl sites for hydroxylation is 2. The smallest absolute Gasteiger partial charge is 0.327 e. The zero-order chi connectivity index (χ0) is 15.3. The normalized spacial score (nSPS) is 11.8. The van der Waals surface area contributed by atoms with Gasteiger partial charge in [0.05, 0.1) is 5.69 Å². The van der Waals surface area contributed by atoms with Crippen LogP contribution in [0, 0.1) is 19.8 Å². The third-order valence-electron chi connectivity index (χ3n) is 2.56. The number of nitrogens with one attached hydrogen (secondary N) is 2. The van der Waals surface area contributed by atoms with Crippen LogP contribution in [0.5, 0.6) is 0 Å². The third-order valence-corrected chi connectivity index (χ3v) is 3.55. The second-order valence-electron chi connectivity index (χ2n) is 4.57. The second kappa shape index (κ2) is 6.99. The number of hydrogen-bond acceptors (Lipinski definition) is 5. The van der Waals surface area contributed by atoms with Crippen LogP contribution in [-0.2, 0) is 9.59 Å². The van der Waals surface area contributed by atoms with Crippen molar-refractivity contribution >= 4 is 34.4 Å². The largest absolute Gasteiger partial charge is 0.481 e. The van der Waals surface area contributed by atoms with Crippen LogP contribution < -0.4 is 10.6 Å². The van der Waals surface area contributed by atoms with Gasteiger partial charge < -0.3 is 5.11 Å². The van der Waals surface area contributed by atoms with Gasteiger partial charge in [-0.3, -0.25) is 20.2 Å². The summed E-state index contributed by atoms with van der Waals surface area (Å²) in [6.07, 6.45) is -0.129. The van der Waals surface area contributed by atoms with E-state index in [4.69, 9.17) is 5.11 Å². The van der Waals surface area contributed by atoms with Crippen molar-refractivity contribution in [1.29, 1.82) is 0 Å². The number of anilines is 1. The minimum Gasteiger partial charge on any atom is -0.481 e. The van der Waals surface area contributed by atoms with Gasteiger partial charge in [0.1, 0.15) is 0 Å². The van der Waals surface area contributed by atoms with E-state index < -0.39 is 17.9 Å².